The van der Waals surface area contributed by atoms with Gasteiger partial charge in [-0.2, -0.15) is 0 Å². The number of carbonyl (C=O) groups is 1. The molecule has 5 heteroatoms. The highest BCUT2D eigenvalue weighted by Crippen LogP contribution is 2.25. The first kappa shape index (κ1) is 21.2. The van der Waals surface area contributed by atoms with Crippen molar-refractivity contribution in [2.45, 2.75) is 49.9 Å². The lowest BCUT2D eigenvalue weighted by molar-refractivity contribution is -0.120. The number of thioether (sulfide) groups is 1. The summed E-state index contributed by atoms with van der Waals surface area (Å²) >= 11 is 1.55. The van der Waals surface area contributed by atoms with Crippen LogP contribution >= 0.6 is 11.8 Å². The summed E-state index contributed by atoms with van der Waals surface area (Å²) < 4.78 is 10.8. The number of amides is 1. The van der Waals surface area contributed by atoms with Crippen LogP contribution in [-0.2, 0) is 11.2 Å². The van der Waals surface area contributed by atoms with E-state index in [1.54, 1.807) is 18.9 Å². The highest BCUT2D eigenvalue weighted by atomic mass is 32.2. The van der Waals surface area contributed by atoms with Crippen molar-refractivity contribution in [3.63, 3.8) is 0 Å². The first-order chi connectivity index (χ1) is 13.0. The quantitative estimate of drug-likeness (QED) is 0.474. The molecule has 1 amide bonds. The summed E-state index contributed by atoms with van der Waals surface area (Å²) in [6.45, 7) is 6.64. The van der Waals surface area contributed by atoms with Crippen LogP contribution in [0.1, 0.15) is 32.8 Å². The van der Waals surface area contributed by atoms with E-state index in [2.05, 4.69) is 17.4 Å². The van der Waals surface area contributed by atoms with Gasteiger partial charge in [-0.1, -0.05) is 12.1 Å². The average Bonchev–Trinajstić information content (AvgIpc) is 2.66. The molecule has 1 N–H and O–H groups in total. The molecule has 0 aromatic heterocycles. The van der Waals surface area contributed by atoms with E-state index in [0.717, 1.165) is 29.2 Å². The number of carbonyl (C=O) groups excluding carboxylic acids is 1. The minimum Gasteiger partial charge on any atom is -0.497 e. The highest BCUT2D eigenvalue weighted by molar-refractivity contribution is 8.00. The number of ether oxygens (including phenoxy) is 2. The Labute approximate surface area is 166 Å². The molecule has 2 aromatic rings. The van der Waals surface area contributed by atoms with Crippen LogP contribution in [0.3, 0.4) is 0 Å². The van der Waals surface area contributed by atoms with Gasteiger partial charge in [-0.15, -0.1) is 11.8 Å². The molecule has 0 spiro atoms. The molecular formula is C22H29NO3S. The Balaban J connectivity index is 1.68. The lowest BCUT2D eigenvalue weighted by Crippen LogP contribution is -2.31. The van der Waals surface area contributed by atoms with Crippen LogP contribution in [0.25, 0.3) is 0 Å². The largest absolute Gasteiger partial charge is 0.497 e. The van der Waals surface area contributed by atoms with Crippen molar-refractivity contribution >= 4 is 17.7 Å². The fraction of sp³-hybridized carbons (Fsp3) is 0.409. The average molecular weight is 388 g/mol. The highest BCUT2D eigenvalue weighted by Gasteiger charge is 2.13. The minimum atomic E-state index is -0.133. The lowest BCUT2D eigenvalue weighted by Gasteiger charge is -2.13. The predicted octanol–water partition coefficient (Wildman–Crippen LogP) is 4.71. The molecule has 0 heterocycles. The Morgan fingerprint density at radius 1 is 1.00 bits per heavy atom. The molecule has 27 heavy (non-hydrogen) atoms. The number of hydrogen-bond donors (Lipinski definition) is 1. The molecular weight excluding hydrogens is 358 g/mol. The van der Waals surface area contributed by atoms with Crippen LogP contribution in [0, 0.1) is 0 Å². The van der Waals surface area contributed by atoms with Gasteiger partial charge in [-0.25, -0.2) is 0 Å². The van der Waals surface area contributed by atoms with Crippen molar-refractivity contribution < 1.29 is 14.3 Å². The summed E-state index contributed by atoms with van der Waals surface area (Å²) in [5.74, 6) is 1.78. The summed E-state index contributed by atoms with van der Waals surface area (Å²) in [5, 5.41) is 2.89. The van der Waals surface area contributed by atoms with Crippen molar-refractivity contribution in [2.75, 3.05) is 13.7 Å². The Morgan fingerprint density at radius 2 is 1.63 bits per heavy atom. The molecule has 0 unspecified atom stereocenters. The van der Waals surface area contributed by atoms with Gasteiger partial charge in [0.1, 0.15) is 11.5 Å². The second kappa shape index (κ2) is 10.9. The van der Waals surface area contributed by atoms with E-state index in [9.17, 15) is 4.79 Å². The molecule has 0 bridgehead atoms. The molecule has 0 saturated carbocycles. The molecule has 1 atom stereocenters. The normalized spacial score (nSPS) is 11.9. The van der Waals surface area contributed by atoms with Gasteiger partial charge in [0.25, 0.3) is 0 Å². The van der Waals surface area contributed by atoms with Crippen LogP contribution < -0.4 is 14.8 Å². The van der Waals surface area contributed by atoms with E-state index < -0.39 is 0 Å². The molecule has 0 saturated heterocycles. The Morgan fingerprint density at radius 3 is 2.22 bits per heavy atom. The smallest absolute Gasteiger partial charge is 0.233 e. The topological polar surface area (TPSA) is 47.6 Å². The van der Waals surface area contributed by atoms with Crippen molar-refractivity contribution in [3.8, 4) is 11.5 Å². The van der Waals surface area contributed by atoms with E-state index in [0.29, 0.717) is 6.54 Å². The van der Waals surface area contributed by atoms with Gasteiger partial charge < -0.3 is 14.8 Å². The van der Waals surface area contributed by atoms with Crippen molar-refractivity contribution in [3.05, 3.63) is 54.1 Å². The van der Waals surface area contributed by atoms with Crippen LogP contribution in [0.4, 0.5) is 0 Å². The summed E-state index contributed by atoms with van der Waals surface area (Å²) in [6.07, 6.45) is 2.03. The van der Waals surface area contributed by atoms with Gasteiger partial charge in [-0.3, -0.25) is 4.79 Å². The van der Waals surface area contributed by atoms with E-state index in [-0.39, 0.29) is 17.3 Å². The summed E-state index contributed by atoms with van der Waals surface area (Å²) in [4.78, 5) is 13.3. The van der Waals surface area contributed by atoms with Gasteiger partial charge in [0.2, 0.25) is 5.91 Å². The molecule has 0 fully saturated rings. The maximum Gasteiger partial charge on any atom is 0.233 e. The fourth-order valence-electron chi connectivity index (χ4n) is 2.57. The van der Waals surface area contributed by atoms with Crippen LogP contribution in [0.15, 0.2) is 53.4 Å². The minimum absolute atomic E-state index is 0.0662. The number of benzene rings is 2. The maximum absolute atomic E-state index is 12.3. The Kier molecular flexibility index (Phi) is 8.52. The number of aryl methyl sites for hydroxylation is 1. The molecule has 4 nitrogen and oxygen atoms in total. The van der Waals surface area contributed by atoms with Gasteiger partial charge >= 0.3 is 0 Å². The van der Waals surface area contributed by atoms with Gasteiger partial charge in [0, 0.05) is 11.4 Å². The van der Waals surface area contributed by atoms with Crippen LogP contribution in [0.5, 0.6) is 11.5 Å². The Hall–Kier alpha value is -2.14. The fourth-order valence-corrected chi connectivity index (χ4v) is 3.46. The third-order valence-corrected chi connectivity index (χ3v) is 5.09. The summed E-state index contributed by atoms with van der Waals surface area (Å²) in [5.41, 5.74) is 1.25. The first-order valence-corrected chi connectivity index (χ1v) is 10.2. The number of hydrogen-bond acceptors (Lipinski definition) is 4. The lowest BCUT2D eigenvalue weighted by atomic mass is 10.1. The maximum atomic E-state index is 12.3. The number of nitrogens with one attached hydrogen (secondary N) is 1. The standard InChI is InChI=1S/C22H29NO3S/c1-16(2)26-20-9-7-18(8-10-20)6-5-15-23-22(24)17(3)27-21-13-11-19(25-4)12-14-21/h7-14,16-17H,5-6,15H2,1-4H3,(H,23,24)/t17-/m1/s1. The third-order valence-electron chi connectivity index (χ3n) is 3.98. The van der Waals surface area contributed by atoms with E-state index in [1.165, 1.54) is 5.56 Å². The molecule has 0 aliphatic rings. The van der Waals surface area contributed by atoms with Crippen molar-refractivity contribution in [1.82, 2.24) is 5.32 Å². The van der Waals surface area contributed by atoms with E-state index in [1.807, 2.05) is 57.2 Å². The molecule has 2 rings (SSSR count). The van der Waals surface area contributed by atoms with Crippen molar-refractivity contribution in [1.29, 1.82) is 0 Å². The third kappa shape index (κ3) is 7.55. The van der Waals surface area contributed by atoms with Gasteiger partial charge in [0.05, 0.1) is 18.5 Å². The Bertz CT molecular complexity index is 699. The van der Waals surface area contributed by atoms with E-state index >= 15 is 0 Å². The monoisotopic (exact) mass is 387 g/mol. The molecule has 2 aromatic carbocycles. The molecule has 0 aliphatic heterocycles. The van der Waals surface area contributed by atoms with Crippen LogP contribution in [0.2, 0.25) is 0 Å². The molecule has 146 valence electrons. The van der Waals surface area contributed by atoms with Crippen molar-refractivity contribution in [2.24, 2.45) is 0 Å². The zero-order chi connectivity index (χ0) is 19.6. The van der Waals surface area contributed by atoms with Gasteiger partial charge in [-0.05, 0) is 75.6 Å². The zero-order valence-corrected chi connectivity index (χ0v) is 17.3. The summed E-state index contributed by atoms with van der Waals surface area (Å²) in [6, 6.07) is 15.9. The molecule has 0 radical (unpaired) electrons. The predicted molar refractivity (Wildman–Crippen MR) is 112 cm³/mol. The second-order valence-corrected chi connectivity index (χ2v) is 8.05. The number of rotatable bonds is 10. The number of methoxy groups -OCH3 is 1. The van der Waals surface area contributed by atoms with Gasteiger partial charge in [0.15, 0.2) is 0 Å². The van der Waals surface area contributed by atoms with Crippen LogP contribution in [-0.4, -0.2) is 30.9 Å². The SMILES string of the molecule is COc1ccc(S[C@H](C)C(=O)NCCCc2ccc(OC(C)C)cc2)cc1. The zero-order valence-electron chi connectivity index (χ0n) is 16.5. The second-order valence-electron chi connectivity index (χ2n) is 6.64. The summed E-state index contributed by atoms with van der Waals surface area (Å²) in [7, 11) is 1.64. The first-order valence-electron chi connectivity index (χ1n) is 9.32. The molecule has 0 aliphatic carbocycles. The van der Waals surface area contributed by atoms with E-state index in [4.69, 9.17) is 9.47 Å².